The Morgan fingerprint density at radius 1 is 1.26 bits per heavy atom. The zero-order valence-electron chi connectivity index (χ0n) is 11.6. The summed E-state index contributed by atoms with van der Waals surface area (Å²) < 4.78 is 0. The van der Waals surface area contributed by atoms with E-state index in [-0.39, 0.29) is 12.0 Å². The number of rotatable bonds is 9. The topological polar surface area (TPSA) is 61.4 Å². The molecule has 0 saturated heterocycles. The minimum atomic E-state index is -0.346. The van der Waals surface area contributed by atoms with Crippen molar-refractivity contribution in [3.63, 3.8) is 0 Å². The van der Waals surface area contributed by atoms with Gasteiger partial charge in [0.2, 0.25) is 5.91 Å². The number of carbonyl (C=O) groups is 1. The van der Waals surface area contributed by atoms with Crippen LogP contribution in [-0.4, -0.2) is 36.8 Å². The lowest BCUT2D eigenvalue weighted by molar-refractivity contribution is -0.121. The minimum Gasteiger partial charge on any atom is -0.392 e. The molecule has 0 radical (unpaired) electrons. The van der Waals surface area contributed by atoms with Crippen molar-refractivity contribution in [1.29, 1.82) is 0 Å². The summed E-state index contributed by atoms with van der Waals surface area (Å²) in [6, 6.07) is 10.2. The van der Waals surface area contributed by atoms with E-state index < -0.39 is 0 Å². The van der Waals surface area contributed by atoms with Crippen molar-refractivity contribution in [3.05, 3.63) is 35.9 Å². The molecule has 0 aromatic heterocycles. The Hall–Kier alpha value is -1.39. The van der Waals surface area contributed by atoms with Crippen molar-refractivity contribution in [2.45, 2.75) is 32.3 Å². The molecule has 0 aliphatic carbocycles. The molecule has 0 fully saturated rings. The summed E-state index contributed by atoms with van der Waals surface area (Å²) in [7, 11) is 0. The van der Waals surface area contributed by atoms with Gasteiger partial charge in [0, 0.05) is 26.1 Å². The van der Waals surface area contributed by atoms with Crippen molar-refractivity contribution >= 4 is 5.91 Å². The maximum Gasteiger partial charge on any atom is 0.220 e. The van der Waals surface area contributed by atoms with E-state index in [4.69, 9.17) is 5.11 Å². The van der Waals surface area contributed by atoms with E-state index in [1.54, 1.807) is 6.92 Å². The first-order valence-corrected chi connectivity index (χ1v) is 6.88. The Bertz CT molecular complexity index is 352. The van der Waals surface area contributed by atoms with Gasteiger partial charge >= 0.3 is 0 Å². The monoisotopic (exact) mass is 264 g/mol. The predicted octanol–water partition coefficient (Wildman–Crippen LogP) is 1.10. The predicted molar refractivity (Wildman–Crippen MR) is 76.9 cm³/mol. The maximum atomic E-state index is 11.5. The van der Waals surface area contributed by atoms with E-state index in [1.807, 2.05) is 18.2 Å². The smallest absolute Gasteiger partial charge is 0.220 e. The minimum absolute atomic E-state index is 0.0924. The van der Waals surface area contributed by atoms with E-state index in [9.17, 15) is 4.79 Å². The molecule has 1 aromatic rings. The highest BCUT2D eigenvalue weighted by Gasteiger charge is 2.01. The Morgan fingerprint density at radius 2 is 2.00 bits per heavy atom. The second-order valence-corrected chi connectivity index (χ2v) is 4.74. The molecular weight excluding hydrogens is 240 g/mol. The van der Waals surface area contributed by atoms with Crippen LogP contribution in [-0.2, 0) is 11.2 Å². The molecule has 0 saturated carbocycles. The molecule has 0 aliphatic heterocycles. The fourth-order valence-electron chi connectivity index (χ4n) is 1.79. The van der Waals surface area contributed by atoms with E-state index in [1.165, 1.54) is 5.56 Å². The van der Waals surface area contributed by atoms with Gasteiger partial charge in [0.15, 0.2) is 0 Å². The zero-order valence-corrected chi connectivity index (χ0v) is 11.6. The van der Waals surface area contributed by atoms with Crippen molar-refractivity contribution in [1.82, 2.24) is 10.6 Å². The lowest BCUT2D eigenvalue weighted by Gasteiger charge is -2.08. The van der Waals surface area contributed by atoms with Crippen LogP contribution in [0.5, 0.6) is 0 Å². The Kier molecular flexibility index (Phi) is 7.86. The largest absolute Gasteiger partial charge is 0.392 e. The summed E-state index contributed by atoms with van der Waals surface area (Å²) in [6.45, 7) is 3.59. The quantitative estimate of drug-likeness (QED) is 0.585. The van der Waals surface area contributed by atoms with Gasteiger partial charge in [-0.1, -0.05) is 30.3 Å². The molecule has 1 aromatic carbocycles. The molecule has 19 heavy (non-hydrogen) atoms. The summed E-state index contributed by atoms with van der Waals surface area (Å²) in [5.41, 5.74) is 1.27. The van der Waals surface area contributed by atoms with Gasteiger partial charge in [-0.15, -0.1) is 0 Å². The molecule has 106 valence electrons. The van der Waals surface area contributed by atoms with Crippen LogP contribution in [0.1, 0.15) is 25.3 Å². The molecule has 0 spiro atoms. The average Bonchev–Trinajstić information content (AvgIpc) is 2.39. The highest BCUT2D eigenvalue weighted by Crippen LogP contribution is 2.04. The van der Waals surface area contributed by atoms with Crippen LogP contribution in [0.2, 0.25) is 0 Å². The number of hydrogen-bond donors (Lipinski definition) is 3. The normalized spacial score (nSPS) is 12.1. The third-order valence-corrected chi connectivity index (χ3v) is 2.78. The summed E-state index contributed by atoms with van der Waals surface area (Å²) in [5, 5.41) is 15.0. The number of benzene rings is 1. The third-order valence-electron chi connectivity index (χ3n) is 2.78. The molecular formula is C15H24N2O2. The first-order chi connectivity index (χ1) is 9.18. The van der Waals surface area contributed by atoms with E-state index in [0.717, 1.165) is 12.8 Å². The fourth-order valence-corrected chi connectivity index (χ4v) is 1.79. The van der Waals surface area contributed by atoms with Crippen LogP contribution < -0.4 is 10.6 Å². The first kappa shape index (κ1) is 15.7. The molecule has 1 rings (SSSR count). The molecule has 1 unspecified atom stereocenters. The van der Waals surface area contributed by atoms with Crippen molar-refractivity contribution in [3.8, 4) is 0 Å². The molecule has 0 aliphatic rings. The van der Waals surface area contributed by atoms with Crippen LogP contribution in [0.3, 0.4) is 0 Å². The second kappa shape index (κ2) is 9.53. The van der Waals surface area contributed by atoms with Gasteiger partial charge in [-0.3, -0.25) is 4.79 Å². The molecule has 3 N–H and O–H groups in total. The third kappa shape index (κ3) is 8.35. The van der Waals surface area contributed by atoms with Gasteiger partial charge in [0.25, 0.3) is 0 Å². The number of aliphatic hydroxyl groups is 1. The summed E-state index contributed by atoms with van der Waals surface area (Å²) in [6.07, 6.45) is 2.03. The maximum absolute atomic E-state index is 11.5. The van der Waals surface area contributed by atoms with Gasteiger partial charge in [0.05, 0.1) is 6.10 Å². The molecule has 4 nitrogen and oxygen atoms in total. The number of carbonyl (C=O) groups excluding carboxylic acids is 1. The van der Waals surface area contributed by atoms with Gasteiger partial charge in [0.1, 0.15) is 0 Å². The number of aliphatic hydroxyl groups excluding tert-OH is 1. The summed E-state index contributed by atoms with van der Waals surface area (Å²) in [4.78, 5) is 11.5. The molecule has 4 heteroatoms. The van der Waals surface area contributed by atoms with Crippen LogP contribution in [0, 0.1) is 0 Å². The first-order valence-electron chi connectivity index (χ1n) is 6.88. The van der Waals surface area contributed by atoms with Crippen molar-refractivity contribution in [2.24, 2.45) is 0 Å². The van der Waals surface area contributed by atoms with Crippen molar-refractivity contribution < 1.29 is 9.90 Å². The van der Waals surface area contributed by atoms with Crippen LogP contribution in [0.4, 0.5) is 0 Å². The second-order valence-electron chi connectivity index (χ2n) is 4.74. The number of amides is 1. The van der Waals surface area contributed by atoms with Crippen molar-refractivity contribution in [2.75, 3.05) is 19.6 Å². The summed E-state index contributed by atoms with van der Waals surface area (Å²) in [5.74, 6) is 0.0924. The molecule has 0 heterocycles. The van der Waals surface area contributed by atoms with E-state index >= 15 is 0 Å². The highest BCUT2D eigenvalue weighted by molar-refractivity contribution is 5.75. The SMILES string of the molecule is CC(O)CNCCNC(=O)CCCc1ccccc1. The zero-order chi connectivity index (χ0) is 13.9. The van der Waals surface area contributed by atoms with Gasteiger partial charge in [-0.2, -0.15) is 0 Å². The highest BCUT2D eigenvalue weighted by atomic mass is 16.3. The Labute approximate surface area is 115 Å². The molecule has 1 amide bonds. The lowest BCUT2D eigenvalue weighted by Crippen LogP contribution is -2.34. The Balaban J connectivity index is 1.99. The number of aryl methyl sites for hydroxylation is 1. The molecule has 0 bridgehead atoms. The van der Waals surface area contributed by atoms with Crippen LogP contribution in [0.15, 0.2) is 30.3 Å². The van der Waals surface area contributed by atoms with Gasteiger partial charge in [-0.05, 0) is 25.3 Å². The Morgan fingerprint density at radius 3 is 2.68 bits per heavy atom. The summed E-state index contributed by atoms with van der Waals surface area (Å²) >= 11 is 0. The molecule has 1 atom stereocenters. The average molecular weight is 264 g/mol. The van der Waals surface area contributed by atoms with Gasteiger partial charge < -0.3 is 15.7 Å². The number of hydrogen-bond acceptors (Lipinski definition) is 3. The van der Waals surface area contributed by atoms with E-state index in [0.29, 0.717) is 26.1 Å². The van der Waals surface area contributed by atoms with E-state index in [2.05, 4.69) is 22.8 Å². The fraction of sp³-hybridized carbons (Fsp3) is 0.533. The van der Waals surface area contributed by atoms with Crippen LogP contribution >= 0.6 is 0 Å². The lowest BCUT2D eigenvalue weighted by atomic mass is 10.1. The number of nitrogens with one attached hydrogen (secondary N) is 2. The standard InChI is InChI=1S/C15H24N2O2/c1-13(18)12-16-10-11-17-15(19)9-5-8-14-6-3-2-4-7-14/h2-4,6-7,13,16,18H,5,8-12H2,1H3,(H,17,19). The van der Waals surface area contributed by atoms with Crippen LogP contribution in [0.25, 0.3) is 0 Å². The van der Waals surface area contributed by atoms with Gasteiger partial charge in [-0.25, -0.2) is 0 Å².